The van der Waals surface area contributed by atoms with Gasteiger partial charge in [0, 0.05) is 25.7 Å². The summed E-state index contributed by atoms with van der Waals surface area (Å²) in [5.74, 6) is 0.492. The Morgan fingerprint density at radius 3 is 2.33 bits per heavy atom. The Morgan fingerprint density at radius 2 is 1.81 bits per heavy atom. The average molecular weight is 391 g/mol. The van der Waals surface area contributed by atoms with Gasteiger partial charge in [-0.05, 0) is 54.8 Å². The van der Waals surface area contributed by atoms with Crippen molar-refractivity contribution in [1.29, 1.82) is 0 Å². The molecule has 27 heavy (non-hydrogen) atoms. The zero-order chi connectivity index (χ0) is 20.0. The number of aryl methyl sites for hydroxylation is 2. The van der Waals surface area contributed by atoms with E-state index in [1.807, 2.05) is 24.3 Å². The van der Waals surface area contributed by atoms with E-state index in [4.69, 9.17) is 4.74 Å². The number of ether oxygens (including phenoxy) is 1. The number of carbonyl (C=O) groups is 1. The molecule has 0 saturated heterocycles. The number of nitrogens with zero attached hydrogens (tertiary/aromatic N) is 1. The van der Waals surface area contributed by atoms with Gasteiger partial charge in [-0.1, -0.05) is 19.1 Å². The molecule has 1 N–H and O–H groups in total. The van der Waals surface area contributed by atoms with Gasteiger partial charge in [-0.3, -0.25) is 4.79 Å². The van der Waals surface area contributed by atoms with Crippen molar-refractivity contribution in [3.8, 4) is 5.75 Å². The quantitative estimate of drug-likeness (QED) is 0.752. The van der Waals surface area contributed by atoms with E-state index < -0.39 is 10.0 Å². The lowest BCUT2D eigenvalue weighted by molar-refractivity contribution is -0.116. The maximum atomic E-state index is 12.5. The van der Waals surface area contributed by atoms with E-state index in [9.17, 15) is 13.2 Å². The van der Waals surface area contributed by atoms with Crippen LogP contribution in [0.2, 0.25) is 0 Å². The molecule has 0 aliphatic rings. The minimum atomic E-state index is -3.67. The number of methoxy groups -OCH3 is 1. The van der Waals surface area contributed by atoms with Crippen molar-refractivity contribution in [1.82, 2.24) is 4.72 Å². The molecule has 1 amide bonds. The van der Waals surface area contributed by atoms with Gasteiger partial charge in [0.25, 0.3) is 0 Å². The average Bonchev–Trinajstić information content (AvgIpc) is 2.65. The van der Waals surface area contributed by atoms with E-state index in [0.29, 0.717) is 5.75 Å². The summed E-state index contributed by atoms with van der Waals surface area (Å²) in [4.78, 5) is 13.7. The Labute approximate surface area is 161 Å². The first-order chi connectivity index (χ1) is 12.8. The molecule has 0 aliphatic carbocycles. The lowest BCUT2D eigenvalue weighted by Crippen LogP contribution is -2.37. The molecule has 0 radical (unpaired) electrons. The first-order valence-electron chi connectivity index (χ1n) is 8.80. The first kappa shape index (κ1) is 20.9. The number of hydrogen-bond acceptors (Lipinski definition) is 4. The number of rotatable bonds is 8. The topological polar surface area (TPSA) is 75.7 Å². The third-order valence-electron chi connectivity index (χ3n) is 4.34. The fraction of sp³-hybridized carbons (Fsp3) is 0.350. The van der Waals surface area contributed by atoms with E-state index in [1.54, 1.807) is 24.0 Å². The minimum absolute atomic E-state index is 0.114. The van der Waals surface area contributed by atoms with Crippen LogP contribution < -0.4 is 14.4 Å². The van der Waals surface area contributed by atoms with E-state index in [-0.39, 0.29) is 23.9 Å². The summed E-state index contributed by atoms with van der Waals surface area (Å²) in [7, 11) is -2.13. The lowest BCUT2D eigenvalue weighted by Gasteiger charge is -2.21. The molecule has 0 aliphatic heterocycles. The van der Waals surface area contributed by atoms with Crippen molar-refractivity contribution >= 4 is 21.6 Å². The van der Waals surface area contributed by atoms with Crippen LogP contribution in [0.4, 0.5) is 5.69 Å². The fourth-order valence-electron chi connectivity index (χ4n) is 2.77. The van der Waals surface area contributed by atoms with Gasteiger partial charge in [-0.2, -0.15) is 0 Å². The molecule has 7 heteroatoms. The second-order valence-electron chi connectivity index (χ2n) is 6.22. The predicted molar refractivity (Wildman–Crippen MR) is 107 cm³/mol. The number of carbonyl (C=O) groups excluding carboxylic acids is 1. The van der Waals surface area contributed by atoms with Gasteiger partial charge < -0.3 is 9.64 Å². The van der Waals surface area contributed by atoms with Crippen LogP contribution in [0, 0.1) is 6.92 Å². The van der Waals surface area contributed by atoms with Crippen LogP contribution in [-0.4, -0.2) is 34.5 Å². The number of sulfonamides is 1. The molecule has 0 unspecified atom stereocenters. The van der Waals surface area contributed by atoms with Crippen LogP contribution >= 0.6 is 0 Å². The summed E-state index contributed by atoms with van der Waals surface area (Å²) in [6.07, 6.45) is 0.918. The maximum Gasteiger partial charge on any atom is 0.240 e. The molecule has 6 nitrogen and oxygen atoms in total. The van der Waals surface area contributed by atoms with E-state index in [1.165, 1.54) is 25.7 Å². The Bertz CT molecular complexity index is 893. The van der Waals surface area contributed by atoms with Gasteiger partial charge in [-0.15, -0.1) is 0 Å². The van der Waals surface area contributed by atoms with E-state index >= 15 is 0 Å². The Hall–Kier alpha value is -2.38. The van der Waals surface area contributed by atoms with Crippen molar-refractivity contribution in [3.63, 3.8) is 0 Å². The Morgan fingerprint density at radius 1 is 1.15 bits per heavy atom. The van der Waals surface area contributed by atoms with Crippen LogP contribution in [0.1, 0.15) is 25.0 Å². The SMILES string of the molecule is CCc1ccc(N(CCNS(=O)(=O)c2ccc(OC)c(C)c2)C(C)=O)cc1. The second-order valence-corrected chi connectivity index (χ2v) is 7.99. The van der Waals surface area contributed by atoms with Crippen molar-refractivity contribution in [2.45, 2.75) is 32.1 Å². The molecular formula is C20H26N2O4S. The maximum absolute atomic E-state index is 12.5. The molecular weight excluding hydrogens is 364 g/mol. The number of amides is 1. The van der Waals surface area contributed by atoms with Gasteiger partial charge in [0.15, 0.2) is 0 Å². The third-order valence-corrected chi connectivity index (χ3v) is 5.80. The molecule has 0 aromatic heterocycles. The molecule has 0 saturated carbocycles. The number of anilines is 1. The van der Waals surface area contributed by atoms with Gasteiger partial charge >= 0.3 is 0 Å². The molecule has 0 fully saturated rings. The highest BCUT2D eigenvalue weighted by Gasteiger charge is 2.17. The standard InChI is InChI=1S/C20H26N2O4S/c1-5-17-6-8-18(9-7-17)22(16(3)23)13-12-21-27(24,25)19-10-11-20(26-4)15(2)14-19/h6-11,14,21H,5,12-13H2,1-4H3. The zero-order valence-electron chi connectivity index (χ0n) is 16.2. The molecule has 2 aromatic carbocycles. The number of hydrogen-bond donors (Lipinski definition) is 1. The van der Waals surface area contributed by atoms with E-state index in [0.717, 1.165) is 17.7 Å². The summed E-state index contributed by atoms with van der Waals surface area (Å²) >= 11 is 0. The van der Waals surface area contributed by atoms with Gasteiger partial charge in [0.05, 0.1) is 12.0 Å². The Kier molecular flexibility index (Phi) is 6.98. The third kappa shape index (κ3) is 5.30. The fourth-order valence-corrected chi connectivity index (χ4v) is 3.88. The monoisotopic (exact) mass is 390 g/mol. The molecule has 0 spiro atoms. The molecule has 0 heterocycles. The van der Waals surface area contributed by atoms with Crippen LogP contribution in [0.5, 0.6) is 5.75 Å². The largest absolute Gasteiger partial charge is 0.496 e. The summed E-state index contributed by atoms with van der Waals surface area (Å²) in [5, 5.41) is 0. The summed E-state index contributed by atoms with van der Waals surface area (Å²) in [6, 6.07) is 12.4. The van der Waals surface area contributed by atoms with Gasteiger partial charge in [0.2, 0.25) is 15.9 Å². The predicted octanol–water partition coefficient (Wildman–Crippen LogP) is 2.90. The van der Waals surface area contributed by atoms with Crippen molar-refractivity contribution < 1.29 is 17.9 Å². The minimum Gasteiger partial charge on any atom is -0.496 e. The zero-order valence-corrected chi connectivity index (χ0v) is 17.0. The Balaban J connectivity index is 2.07. The molecule has 0 bridgehead atoms. The van der Waals surface area contributed by atoms with Crippen LogP contribution in [-0.2, 0) is 21.2 Å². The normalized spacial score (nSPS) is 11.3. The van der Waals surface area contributed by atoms with Crippen molar-refractivity contribution in [3.05, 3.63) is 53.6 Å². The highest BCUT2D eigenvalue weighted by molar-refractivity contribution is 7.89. The number of nitrogens with one attached hydrogen (secondary N) is 1. The second kappa shape index (κ2) is 9.01. The lowest BCUT2D eigenvalue weighted by atomic mass is 10.1. The van der Waals surface area contributed by atoms with E-state index in [2.05, 4.69) is 11.6 Å². The summed E-state index contributed by atoms with van der Waals surface area (Å²) in [5.41, 5.74) is 2.67. The van der Waals surface area contributed by atoms with Crippen LogP contribution in [0.15, 0.2) is 47.4 Å². The number of benzene rings is 2. The van der Waals surface area contributed by atoms with Crippen molar-refractivity contribution in [2.24, 2.45) is 0 Å². The van der Waals surface area contributed by atoms with Crippen LogP contribution in [0.25, 0.3) is 0 Å². The molecule has 2 aromatic rings. The smallest absolute Gasteiger partial charge is 0.240 e. The summed E-state index contributed by atoms with van der Waals surface area (Å²) in [6.45, 7) is 5.68. The van der Waals surface area contributed by atoms with Crippen molar-refractivity contribution in [2.75, 3.05) is 25.1 Å². The van der Waals surface area contributed by atoms with Crippen LogP contribution in [0.3, 0.4) is 0 Å². The molecule has 2 rings (SSSR count). The van der Waals surface area contributed by atoms with Gasteiger partial charge in [-0.25, -0.2) is 13.1 Å². The highest BCUT2D eigenvalue weighted by atomic mass is 32.2. The molecule has 0 atom stereocenters. The van der Waals surface area contributed by atoms with Gasteiger partial charge in [0.1, 0.15) is 5.75 Å². The first-order valence-corrected chi connectivity index (χ1v) is 10.3. The summed E-state index contributed by atoms with van der Waals surface area (Å²) < 4.78 is 32.7. The highest BCUT2D eigenvalue weighted by Crippen LogP contribution is 2.21. The molecule has 146 valence electrons.